The molecule has 1 N–H and O–H groups in total. The van der Waals surface area contributed by atoms with Crippen LogP contribution in [0.25, 0.3) is 0 Å². The van der Waals surface area contributed by atoms with E-state index in [1.807, 2.05) is 6.20 Å². The molecule has 1 atom stereocenters. The molecule has 5 heteroatoms. The lowest BCUT2D eigenvalue weighted by Gasteiger charge is -2.41. The molecule has 4 nitrogen and oxygen atoms in total. The maximum atomic E-state index is 5.63. The molecule has 0 amide bonds. The molecular formula is C14H23N3OS. The van der Waals surface area contributed by atoms with Crippen molar-refractivity contribution in [1.29, 1.82) is 0 Å². The van der Waals surface area contributed by atoms with E-state index in [0.717, 1.165) is 26.3 Å². The lowest BCUT2D eigenvalue weighted by atomic mass is 9.92. The Kier molecular flexibility index (Phi) is 4.05. The van der Waals surface area contributed by atoms with Crippen LogP contribution in [0.4, 0.5) is 5.13 Å². The molecule has 2 aliphatic heterocycles. The Morgan fingerprint density at radius 3 is 2.95 bits per heavy atom. The molecule has 0 aromatic carbocycles. The first-order chi connectivity index (χ1) is 9.25. The summed E-state index contributed by atoms with van der Waals surface area (Å²) in [7, 11) is 0. The summed E-state index contributed by atoms with van der Waals surface area (Å²) in [5.74, 6) is 0. The van der Waals surface area contributed by atoms with Crippen molar-refractivity contribution in [3.8, 4) is 0 Å². The summed E-state index contributed by atoms with van der Waals surface area (Å²) in [6, 6.07) is 0.628. The fraction of sp³-hybridized carbons (Fsp3) is 0.786. The van der Waals surface area contributed by atoms with Crippen LogP contribution in [0.3, 0.4) is 0 Å². The van der Waals surface area contributed by atoms with Gasteiger partial charge in [-0.1, -0.05) is 0 Å². The molecule has 1 aromatic rings. The number of ether oxygens (including phenoxy) is 1. The quantitative estimate of drug-likeness (QED) is 0.922. The average Bonchev–Trinajstić information content (AvgIpc) is 2.94. The van der Waals surface area contributed by atoms with Crippen molar-refractivity contribution in [1.82, 2.24) is 10.3 Å². The Labute approximate surface area is 119 Å². The van der Waals surface area contributed by atoms with Crippen molar-refractivity contribution in [2.75, 3.05) is 31.2 Å². The zero-order valence-electron chi connectivity index (χ0n) is 11.6. The number of nitrogens with one attached hydrogen (secondary N) is 1. The monoisotopic (exact) mass is 281 g/mol. The number of hydrogen-bond donors (Lipinski definition) is 1. The molecule has 3 rings (SSSR count). The maximum Gasteiger partial charge on any atom is 0.185 e. The summed E-state index contributed by atoms with van der Waals surface area (Å²) < 4.78 is 5.63. The van der Waals surface area contributed by atoms with E-state index in [9.17, 15) is 0 Å². The predicted octanol–water partition coefficient (Wildman–Crippen LogP) is 2.27. The molecule has 0 bridgehead atoms. The van der Waals surface area contributed by atoms with Gasteiger partial charge in [-0.05, 0) is 32.6 Å². The normalized spacial score (nSPS) is 29.6. The molecule has 0 saturated carbocycles. The highest BCUT2D eigenvalue weighted by atomic mass is 32.1. The van der Waals surface area contributed by atoms with Crippen LogP contribution in [0.15, 0.2) is 11.6 Å². The second kappa shape index (κ2) is 5.77. The lowest BCUT2D eigenvalue weighted by molar-refractivity contribution is 0.0216. The number of nitrogens with zero attached hydrogens (tertiary/aromatic N) is 2. The van der Waals surface area contributed by atoms with E-state index in [0.29, 0.717) is 6.04 Å². The van der Waals surface area contributed by atoms with E-state index >= 15 is 0 Å². The zero-order chi connectivity index (χ0) is 13.1. The van der Waals surface area contributed by atoms with Gasteiger partial charge in [0.15, 0.2) is 5.13 Å². The van der Waals surface area contributed by atoms with Crippen LogP contribution in [-0.2, 0) is 4.74 Å². The largest absolute Gasteiger partial charge is 0.380 e. The highest BCUT2D eigenvalue weighted by Gasteiger charge is 2.31. The first-order valence-electron chi connectivity index (χ1n) is 7.25. The third-order valence-corrected chi connectivity index (χ3v) is 5.01. The van der Waals surface area contributed by atoms with Gasteiger partial charge in [-0.15, -0.1) is 11.3 Å². The van der Waals surface area contributed by atoms with E-state index in [1.54, 1.807) is 11.3 Å². The van der Waals surface area contributed by atoms with Gasteiger partial charge in [-0.25, -0.2) is 4.98 Å². The fourth-order valence-electron chi connectivity index (χ4n) is 3.13. The van der Waals surface area contributed by atoms with Gasteiger partial charge in [-0.2, -0.15) is 0 Å². The van der Waals surface area contributed by atoms with Crippen molar-refractivity contribution in [3.63, 3.8) is 0 Å². The fourth-order valence-corrected chi connectivity index (χ4v) is 3.82. The third-order valence-electron chi connectivity index (χ3n) is 4.18. The first-order valence-corrected chi connectivity index (χ1v) is 8.13. The third kappa shape index (κ3) is 3.27. The minimum Gasteiger partial charge on any atom is -0.380 e. The smallest absolute Gasteiger partial charge is 0.185 e. The van der Waals surface area contributed by atoms with Crippen LogP contribution in [0.1, 0.15) is 32.6 Å². The van der Waals surface area contributed by atoms with Gasteiger partial charge < -0.3 is 15.0 Å². The van der Waals surface area contributed by atoms with Crippen molar-refractivity contribution in [2.45, 2.75) is 44.2 Å². The summed E-state index contributed by atoms with van der Waals surface area (Å²) in [4.78, 5) is 6.80. The number of aromatic nitrogens is 1. The summed E-state index contributed by atoms with van der Waals surface area (Å²) >= 11 is 1.74. The number of rotatable bonds is 3. The second-order valence-electron chi connectivity index (χ2n) is 5.94. The molecule has 0 spiro atoms. The molecule has 2 saturated heterocycles. The van der Waals surface area contributed by atoms with Crippen molar-refractivity contribution in [2.24, 2.45) is 0 Å². The Morgan fingerprint density at radius 2 is 2.32 bits per heavy atom. The van der Waals surface area contributed by atoms with Crippen molar-refractivity contribution in [3.05, 3.63) is 11.6 Å². The minimum atomic E-state index is 0.187. The molecule has 19 heavy (non-hydrogen) atoms. The highest BCUT2D eigenvalue weighted by Crippen LogP contribution is 2.25. The molecule has 3 heterocycles. The second-order valence-corrected chi connectivity index (χ2v) is 6.81. The van der Waals surface area contributed by atoms with E-state index in [4.69, 9.17) is 4.74 Å². The standard InChI is InChI=1S/C14H23N3OS/c1-14(5-2-9-18-11-14)16-12-3-7-17(8-4-12)13-15-6-10-19-13/h6,10,12,16H,2-5,7-9,11H2,1H3/t14-/m0/s1. The Morgan fingerprint density at radius 1 is 1.47 bits per heavy atom. The molecule has 0 aliphatic carbocycles. The molecule has 2 fully saturated rings. The number of piperidine rings is 1. The van der Waals surface area contributed by atoms with Crippen LogP contribution in [0.5, 0.6) is 0 Å². The van der Waals surface area contributed by atoms with Gasteiger partial charge >= 0.3 is 0 Å². The predicted molar refractivity (Wildman–Crippen MR) is 78.9 cm³/mol. The van der Waals surface area contributed by atoms with Crippen LogP contribution in [-0.4, -0.2) is 42.9 Å². The van der Waals surface area contributed by atoms with Crippen LogP contribution in [0, 0.1) is 0 Å². The minimum absolute atomic E-state index is 0.187. The molecule has 106 valence electrons. The number of hydrogen-bond acceptors (Lipinski definition) is 5. The maximum absolute atomic E-state index is 5.63. The SMILES string of the molecule is C[C@]1(NC2CCN(c3nccs3)CC2)CCCOC1. The van der Waals surface area contributed by atoms with Gasteiger partial charge in [-0.3, -0.25) is 0 Å². The lowest BCUT2D eigenvalue weighted by Crippen LogP contribution is -2.55. The Balaban J connectivity index is 1.50. The summed E-state index contributed by atoms with van der Waals surface area (Å²) in [5, 5.41) is 7.06. The van der Waals surface area contributed by atoms with Crippen LogP contribution in [0.2, 0.25) is 0 Å². The summed E-state index contributed by atoms with van der Waals surface area (Å²) in [5.41, 5.74) is 0.187. The zero-order valence-corrected chi connectivity index (χ0v) is 12.4. The van der Waals surface area contributed by atoms with E-state index in [-0.39, 0.29) is 5.54 Å². The summed E-state index contributed by atoms with van der Waals surface area (Å²) in [6.07, 6.45) is 6.72. The first kappa shape index (κ1) is 13.3. The Bertz CT molecular complexity index is 381. The van der Waals surface area contributed by atoms with Gasteiger partial charge in [0, 0.05) is 42.9 Å². The van der Waals surface area contributed by atoms with Crippen LogP contribution >= 0.6 is 11.3 Å². The molecule has 2 aliphatic rings. The molecule has 0 unspecified atom stereocenters. The van der Waals surface area contributed by atoms with Gasteiger partial charge in [0.25, 0.3) is 0 Å². The number of anilines is 1. The summed E-state index contributed by atoms with van der Waals surface area (Å²) in [6.45, 7) is 6.32. The van der Waals surface area contributed by atoms with Gasteiger partial charge in [0.2, 0.25) is 0 Å². The van der Waals surface area contributed by atoms with Crippen molar-refractivity contribution >= 4 is 16.5 Å². The number of thiazole rings is 1. The molecule has 0 radical (unpaired) electrons. The van der Waals surface area contributed by atoms with E-state index in [2.05, 4.69) is 27.5 Å². The van der Waals surface area contributed by atoms with E-state index in [1.165, 1.54) is 30.8 Å². The van der Waals surface area contributed by atoms with Crippen molar-refractivity contribution < 1.29 is 4.74 Å². The highest BCUT2D eigenvalue weighted by molar-refractivity contribution is 7.13. The topological polar surface area (TPSA) is 37.4 Å². The van der Waals surface area contributed by atoms with E-state index < -0.39 is 0 Å². The van der Waals surface area contributed by atoms with Crippen LogP contribution < -0.4 is 10.2 Å². The molecule has 1 aromatic heterocycles. The Hall–Kier alpha value is -0.650. The van der Waals surface area contributed by atoms with Gasteiger partial charge in [0.05, 0.1) is 6.61 Å². The average molecular weight is 281 g/mol. The van der Waals surface area contributed by atoms with Gasteiger partial charge in [0.1, 0.15) is 0 Å². The molecular weight excluding hydrogens is 258 g/mol.